The van der Waals surface area contributed by atoms with Crippen molar-refractivity contribution < 1.29 is 13.6 Å². The number of H-pyrrole nitrogens is 1. The van der Waals surface area contributed by atoms with Gasteiger partial charge < -0.3 is 14.7 Å². The monoisotopic (exact) mass is 405 g/mol. The number of nitrogens with one attached hydrogen (secondary N) is 2. The highest BCUT2D eigenvalue weighted by Gasteiger charge is 2.20. The van der Waals surface area contributed by atoms with Crippen LogP contribution < -0.4 is 5.32 Å². The van der Waals surface area contributed by atoms with Crippen molar-refractivity contribution in [2.24, 2.45) is 7.05 Å². The summed E-state index contributed by atoms with van der Waals surface area (Å²) in [5.74, 6) is -0.666. The number of halogens is 1. The van der Waals surface area contributed by atoms with Gasteiger partial charge in [0, 0.05) is 18.6 Å². The Hall–Kier alpha value is -4.08. The van der Waals surface area contributed by atoms with Crippen LogP contribution in [0, 0.1) is 5.82 Å². The lowest BCUT2D eigenvalue weighted by atomic mass is 10.1. The van der Waals surface area contributed by atoms with Crippen LogP contribution >= 0.6 is 0 Å². The number of nitrogens with zero attached hydrogens (tertiary/aromatic N) is 5. The molecule has 150 valence electrons. The molecule has 1 atom stereocenters. The third-order valence-corrected chi connectivity index (χ3v) is 4.92. The van der Waals surface area contributed by atoms with Crippen molar-refractivity contribution in [2.75, 3.05) is 0 Å². The first-order valence-corrected chi connectivity index (χ1v) is 9.17. The van der Waals surface area contributed by atoms with E-state index in [1.165, 1.54) is 24.8 Å². The van der Waals surface area contributed by atoms with E-state index in [1.807, 2.05) is 0 Å². The van der Waals surface area contributed by atoms with Gasteiger partial charge in [0.15, 0.2) is 12.0 Å². The molecule has 0 aliphatic rings. The van der Waals surface area contributed by atoms with Crippen LogP contribution in [-0.4, -0.2) is 35.6 Å². The number of aromatic amines is 1. The van der Waals surface area contributed by atoms with Gasteiger partial charge >= 0.3 is 0 Å². The Morgan fingerprint density at radius 1 is 1.33 bits per heavy atom. The molecule has 0 aliphatic carbocycles. The Morgan fingerprint density at radius 2 is 2.20 bits per heavy atom. The van der Waals surface area contributed by atoms with Gasteiger partial charge in [-0.05, 0) is 25.1 Å². The van der Waals surface area contributed by atoms with Crippen molar-refractivity contribution in [3.63, 3.8) is 0 Å². The first-order chi connectivity index (χ1) is 14.5. The summed E-state index contributed by atoms with van der Waals surface area (Å²) in [5.41, 5.74) is 3.54. The molecule has 10 heteroatoms. The summed E-state index contributed by atoms with van der Waals surface area (Å²) in [6.07, 6.45) is 5.92. The van der Waals surface area contributed by atoms with Gasteiger partial charge in [-0.25, -0.2) is 19.3 Å². The van der Waals surface area contributed by atoms with Gasteiger partial charge in [-0.2, -0.15) is 5.10 Å². The molecule has 2 N–H and O–H groups in total. The first-order valence-electron chi connectivity index (χ1n) is 9.17. The van der Waals surface area contributed by atoms with Gasteiger partial charge in [0.25, 0.3) is 5.91 Å². The van der Waals surface area contributed by atoms with Gasteiger partial charge in [-0.15, -0.1) is 0 Å². The van der Waals surface area contributed by atoms with E-state index in [1.54, 1.807) is 37.1 Å². The lowest BCUT2D eigenvalue weighted by Crippen LogP contribution is -2.26. The summed E-state index contributed by atoms with van der Waals surface area (Å²) in [6.45, 7) is 1.81. The molecular formula is C20H16FN7O2. The van der Waals surface area contributed by atoms with E-state index in [2.05, 4.69) is 30.4 Å². The van der Waals surface area contributed by atoms with E-state index in [0.717, 1.165) is 5.39 Å². The van der Waals surface area contributed by atoms with Crippen LogP contribution in [0.2, 0.25) is 0 Å². The minimum Gasteiger partial charge on any atom is -0.451 e. The first kappa shape index (κ1) is 18.0. The molecule has 0 fully saturated rings. The molecule has 1 aromatic carbocycles. The molecule has 0 bridgehead atoms. The highest BCUT2D eigenvalue weighted by Crippen LogP contribution is 2.28. The maximum atomic E-state index is 13.6. The Balaban J connectivity index is 1.55. The van der Waals surface area contributed by atoms with E-state index in [0.29, 0.717) is 39.3 Å². The summed E-state index contributed by atoms with van der Waals surface area (Å²) in [7, 11) is 1.73. The maximum absolute atomic E-state index is 13.6. The van der Waals surface area contributed by atoms with Crippen LogP contribution in [0.4, 0.5) is 4.39 Å². The van der Waals surface area contributed by atoms with Gasteiger partial charge in [0.1, 0.15) is 34.7 Å². The molecule has 5 aromatic rings. The molecule has 1 unspecified atom stereocenters. The number of carbonyl (C=O) groups excluding carboxylic acids is 1. The van der Waals surface area contributed by atoms with E-state index in [9.17, 15) is 9.18 Å². The van der Waals surface area contributed by atoms with Crippen LogP contribution in [0.5, 0.6) is 0 Å². The molecule has 0 spiro atoms. The normalized spacial score (nSPS) is 12.5. The zero-order valence-corrected chi connectivity index (χ0v) is 16.0. The number of fused-ring (bicyclic) bond motifs is 2. The third kappa shape index (κ3) is 2.89. The van der Waals surface area contributed by atoms with Crippen LogP contribution in [0.1, 0.15) is 29.0 Å². The Bertz CT molecular complexity index is 1390. The fourth-order valence-electron chi connectivity index (χ4n) is 3.38. The van der Waals surface area contributed by atoms with E-state index in [4.69, 9.17) is 4.42 Å². The topological polar surface area (TPSA) is 115 Å². The smallest absolute Gasteiger partial charge is 0.255 e. The van der Waals surface area contributed by atoms with Crippen molar-refractivity contribution in [3.8, 4) is 11.4 Å². The van der Waals surface area contributed by atoms with Crippen molar-refractivity contribution in [1.82, 2.24) is 35.0 Å². The Labute approximate surface area is 169 Å². The van der Waals surface area contributed by atoms with E-state index >= 15 is 0 Å². The number of oxazole rings is 1. The SMILES string of the molecule is CC(NC(=O)c1c[nH]c2ncc(-c3nn(C)c4cc(F)ccc34)nc12)c1cocn1. The van der Waals surface area contributed by atoms with Crippen LogP contribution in [0.25, 0.3) is 33.5 Å². The zero-order valence-electron chi connectivity index (χ0n) is 16.0. The second-order valence-electron chi connectivity index (χ2n) is 6.90. The highest BCUT2D eigenvalue weighted by atomic mass is 19.1. The number of rotatable bonds is 4. The fraction of sp³-hybridized carbons (Fsp3) is 0.150. The number of hydrogen-bond acceptors (Lipinski definition) is 6. The largest absolute Gasteiger partial charge is 0.451 e. The molecule has 9 nitrogen and oxygen atoms in total. The average Bonchev–Trinajstić information content (AvgIpc) is 3.46. The van der Waals surface area contributed by atoms with E-state index in [-0.39, 0.29) is 17.8 Å². The third-order valence-electron chi connectivity index (χ3n) is 4.92. The highest BCUT2D eigenvalue weighted by molar-refractivity contribution is 6.05. The van der Waals surface area contributed by atoms with Crippen molar-refractivity contribution in [3.05, 3.63) is 60.3 Å². The molecule has 4 heterocycles. The van der Waals surface area contributed by atoms with Crippen LogP contribution in [0.15, 0.2) is 47.7 Å². The molecule has 5 rings (SSSR count). The fourth-order valence-corrected chi connectivity index (χ4v) is 3.38. The second kappa shape index (κ2) is 6.76. The minimum atomic E-state index is -0.343. The predicted octanol–water partition coefficient (Wildman–Crippen LogP) is 3.13. The maximum Gasteiger partial charge on any atom is 0.255 e. The molecular weight excluding hydrogens is 389 g/mol. The number of carbonyl (C=O) groups is 1. The lowest BCUT2D eigenvalue weighted by molar-refractivity contribution is 0.0940. The van der Waals surface area contributed by atoms with Crippen molar-refractivity contribution >= 4 is 28.0 Å². The molecule has 0 aliphatic heterocycles. The van der Waals surface area contributed by atoms with Gasteiger partial charge in [0.2, 0.25) is 0 Å². The van der Waals surface area contributed by atoms with Crippen LogP contribution in [-0.2, 0) is 7.05 Å². The molecule has 4 aromatic heterocycles. The van der Waals surface area contributed by atoms with Crippen molar-refractivity contribution in [2.45, 2.75) is 13.0 Å². The van der Waals surface area contributed by atoms with E-state index < -0.39 is 0 Å². The molecule has 1 amide bonds. The minimum absolute atomic E-state index is 0.323. The number of aryl methyl sites for hydroxylation is 1. The summed E-state index contributed by atoms with van der Waals surface area (Å²) < 4.78 is 20.2. The number of aromatic nitrogens is 6. The Morgan fingerprint density at radius 3 is 3.00 bits per heavy atom. The average molecular weight is 405 g/mol. The summed E-state index contributed by atoms with van der Waals surface area (Å²) in [6, 6.07) is 4.11. The number of hydrogen-bond donors (Lipinski definition) is 2. The Kier molecular flexibility index (Phi) is 4.05. The lowest BCUT2D eigenvalue weighted by Gasteiger charge is -2.10. The van der Waals surface area contributed by atoms with Crippen molar-refractivity contribution in [1.29, 1.82) is 0 Å². The molecule has 0 saturated heterocycles. The van der Waals surface area contributed by atoms with Gasteiger partial charge in [-0.3, -0.25) is 9.48 Å². The van der Waals surface area contributed by atoms with Gasteiger partial charge in [0.05, 0.1) is 23.3 Å². The predicted molar refractivity (Wildman–Crippen MR) is 106 cm³/mol. The second-order valence-corrected chi connectivity index (χ2v) is 6.90. The van der Waals surface area contributed by atoms with Gasteiger partial charge in [-0.1, -0.05) is 0 Å². The molecule has 30 heavy (non-hydrogen) atoms. The molecule has 0 radical (unpaired) electrons. The summed E-state index contributed by atoms with van der Waals surface area (Å²) in [4.78, 5) is 28.8. The quantitative estimate of drug-likeness (QED) is 0.475. The molecule has 0 saturated carbocycles. The number of benzene rings is 1. The van der Waals surface area contributed by atoms with Crippen LogP contribution in [0.3, 0.4) is 0 Å². The standard InChI is InChI=1S/C20H16FN7O2/c1-10(15-8-30-9-24-15)25-20(29)13-6-22-19-18(13)26-14(7-23-19)17-12-4-3-11(21)5-16(12)28(2)27-17/h3-10H,1-2H3,(H,22,23)(H,25,29). The summed E-state index contributed by atoms with van der Waals surface area (Å²) >= 11 is 0. The zero-order chi connectivity index (χ0) is 20.8. The summed E-state index contributed by atoms with van der Waals surface area (Å²) in [5, 5.41) is 8.08. The number of amides is 1.